The average Bonchev–Trinajstić information content (AvgIpc) is 3.43. The smallest absolute Gasteiger partial charge is 0.215 e. The fourth-order valence-corrected chi connectivity index (χ4v) is 4.34. The molecule has 4 rings (SSSR count). The molecule has 0 saturated heterocycles. The lowest BCUT2D eigenvalue weighted by atomic mass is 9.89. The summed E-state index contributed by atoms with van der Waals surface area (Å²) in [4.78, 5) is 3.34. The molecule has 0 amide bonds. The van der Waals surface area contributed by atoms with E-state index in [0.717, 1.165) is 18.4 Å². The Balaban J connectivity index is 0.000000361. The van der Waals surface area contributed by atoms with E-state index in [-0.39, 0.29) is 30.9 Å². The SMILES string of the molecule is C1CCCCC1.Cl.N=C(N)NC(=N)N.OC(Cc1ccccc1Cl)(Cn1[nH]cnc1=S)C1(Cl)CC1. The van der Waals surface area contributed by atoms with Gasteiger partial charge in [0.2, 0.25) is 4.77 Å². The topological polar surface area (TPSA) is 166 Å². The highest BCUT2D eigenvalue weighted by atomic mass is 35.5. The monoisotopic (exact) mass is 564 g/mol. The van der Waals surface area contributed by atoms with Crippen LogP contribution in [0.4, 0.5) is 0 Å². The minimum absolute atomic E-state index is 0. The zero-order valence-electron chi connectivity index (χ0n) is 19.5. The van der Waals surface area contributed by atoms with E-state index in [0.29, 0.717) is 16.2 Å². The van der Waals surface area contributed by atoms with E-state index in [1.54, 1.807) is 4.68 Å². The summed E-state index contributed by atoms with van der Waals surface area (Å²) >= 11 is 17.9. The van der Waals surface area contributed by atoms with Gasteiger partial charge in [0.15, 0.2) is 11.9 Å². The van der Waals surface area contributed by atoms with Crippen LogP contribution in [0.5, 0.6) is 0 Å². The predicted octanol–water partition coefficient (Wildman–Crippen LogP) is 4.46. The van der Waals surface area contributed by atoms with Crippen molar-refractivity contribution in [3.05, 3.63) is 45.9 Å². The van der Waals surface area contributed by atoms with Crippen LogP contribution in [-0.4, -0.2) is 42.3 Å². The molecule has 13 heteroatoms. The Hall–Kier alpha value is -1.85. The Morgan fingerprint density at radius 2 is 1.66 bits per heavy atom. The summed E-state index contributed by atoms with van der Waals surface area (Å²) in [5, 5.41) is 29.7. The van der Waals surface area contributed by atoms with Crippen LogP contribution in [0, 0.1) is 15.6 Å². The average molecular weight is 566 g/mol. The van der Waals surface area contributed by atoms with E-state index in [1.165, 1.54) is 44.9 Å². The first-order valence-electron chi connectivity index (χ1n) is 11.3. The third kappa shape index (κ3) is 10.3. The van der Waals surface area contributed by atoms with Gasteiger partial charge in [0, 0.05) is 11.4 Å². The van der Waals surface area contributed by atoms with Gasteiger partial charge in [0.25, 0.3) is 0 Å². The lowest BCUT2D eigenvalue weighted by molar-refractivity contribution is 0.00728. The van der Waals surface area contributed by atoms with Crippen molar-refractivity contribution in [2.24, 2.45) is 11.5 Å². The molecule has 2 aliphatic carbocycles. The normalized spacial score (nSPS) is 17.1. The van der Waals surface area contributed by atoms with Gasteiger partial charge in [-0.3, -0.25) is 25.9 Å². The molecule has 1 unspecified atom stereocenters. The van der Waals surface area contributed by atoms with Gasteiger partial charge in [-0.1, -0.05) is 68.3 Å². The summed E-state index contributed by atoms with van der Waals surface area (Å²) in [6.07, 6.45) is 12.4. The highest BCUT2D eigenvalue weighted by molar-refractivity contribution is 7.71. The number of H-pyrrole nitrogens is 1. The number of aromatic amines is 1. The van der Waals surface area contributed by atoms with Gasteiger partial charge >= 0.3 is 0 Å². The number of halogens is 3. The number of nitrogens with two attached hydrogens (primary N) is 2. The third-order valence-electron chi connectivity index (χ3n) is 5.77. The first kappa shape index (κ1) is 31.2. The molecular weight excluding hydrogens is 531 g/mol. The maximum atomic E-state index is 11.2. The number of alkyl halides is 1. The quantitative estimate of drug-likeness (QED) is 0.122. The summed E-state index contributed by atoms with van der Waals surface area (Å²) in [5.41, 5.74) is 9.23. The van der Waals surface area contributed by atoms with Gasteiger partial charge in [0.1, 0.15) is 11.9 Å². The number of nitrogens with zero attached hydrogens (tertiary/aromatic N) is 2. The van der Waals surface area contributed by atoms with Crippen molar-refractivity contribution >= 4 is 59.7 Å². The summed E-state index contributed by atoms with van der Waals surface area (Å²) in [6.45, 7) is 0.264. The summed E-state index contributed by atoms with van der Waals surface area (Å²) in [7, 11) is 0. The van der Waals surface area contributed by atoms with Crippen molar-refractivity contribution < 1.29 is 5.11 Å². The Morgan fingerprint density at radius 1 is 1.14 bits per heavy atom. The number of benzene rings is 1. The molecule has 2 aromatic rings. The minimum atomic E-state index is -1.13. The zero-order chi connectivity index (χ0) is 25.2. The van der Waals surface area contributed by atoms with Crippen LogP contribution in [0.2, 0.25) is 5.02 Å². The lowest BCUT2D eigenvalue weighted by Gasteiger charge is -2.33. The Morgan fingerprint density at radius 3 is 2.03 bits per heavy atom. The van der Waals surface area contributed by atoms with E-state index in [4.69, 9.17) is 57.7 Å². The molecule has 1 aromatic carbocycles. The van der Waals surface area contributed by atoms with Gasteiger partial charge in [-0.2, -0.15) is 0 Å². The number of hydrogen-bond donors (Lipinski definition) is 7. The summed E-state index contributed by atoms with van der Waals surface area (Å²) in [6, 6.07) is 7.48. The lowest BCUT2D eigenvalue weighted by Crippen LogP contribution is -2.47. The van der Waals surface area contributed by atoms with Gasteiger partial charge < -0.3 is 16.6 Å². The molecule has 35 heavy (non-hydrogen) atoms. The van der Waals surface area contributed by atoms with E-state index in [9.17, 15) is 5.11 Å². The maximum Gasteiger partial charge on any atom is 0.215 e. The molecule has 196 valence electrons. The standard InChI is InChI=1S/C14H15Cl2N3OS.C6H12.C2H7N5.ClH/c15-11-4-2-1-3-10(11)7-14(20,13(16)5-6-13)8-19-12(21)17-9-18-19;1-2-4-6-5-3-1;3-1(4)7-2(5)6;/h1-4,9,20H,5-8H2,(H,17,18,21);1-6H2;(H7,3,4,5,6,7);1H. The molecular formula is C22H35Cl3N8OS. The molecule has 2 fully saturated rings. The van der Waals surface area contributed by atoms with Crippen LogP contribution < -0.4 is 16.8 Å². The van der Waals surface area contributed by atoms with Crippen LogP contribution in [0.3, 0.4) is 0 Å². The maximum absolute atomic E-state index is 11.2. The third-order valence-corrected chi connectivity index (χ3v) is 7.20. The molecule has 1 heterocycles. The van der Waals surface area contributed by atoms with E-state index in [1.807, 2.05) is 29.6 Å². The minimum Gasteiger partial charge on any atom is -0.386 e. The molecule has 2 aliphatic rings. The Kier molecular flexibility index (Phi) is 13.0. The van der Waals surface area contributed by atoms with E-state index in [2.05, 4.69) is 10.1 Å². The fraction of sp³-hybridized carbons (Fsp3) is 0.545. The highest BCUT2D eigenvalue weighted by Crippen LogP contribution is 2.53. The van der Waals surface area contributed by atoms with Gasteiger partial charge in [-0.05, 0) is 36.7 Å². The number of hydrogen-bond acceptors (Lipinski definition) is 5. The van der Waals surface area contributed by atoms with Crippen molar-refractivity contribution in [1.29, 1.82) is 10.8 Å². The van der Waals surface area contributed by atoms with Gasteiger partial charge in [0.05, 0.1) is 11.4 Å². The van der Waals surface area contributed by atoms with Crippen LogP contribution in [0.25, 0.3) is 0 Å². The second-order valence-corrected chi connectivity index (χ2v) is 10.1. The van der Waals surface area contributed by atoms with Gasteiger partial charge in [-0.25, -0.2) is 4.98 Å². The van der Waals surface area contributed by atoms with Crippen LogP contribution >= 0.6 is 47.8 Å². The van der Waals surface area contributed by atoms with Crippen molar-refractivity contribution in [3.8, 4) is 0 Å². The summed E-state index contributed by atoms with van der Waals surface area (Å²) < 4.78 is 2.03. The second-order valence-electron chi connectivity index (χ2n) is 8.59. The predicted molar refractivity (Wildman–Crippen MR) is 147 cm³/mol. The molecule has 0 radical (unpaired) electrons. The van der Waals surface area contributed by atoms with Crippen LogP contribution in [-0.2, 0) is 13.0 Å². The molecule has 2 saturated carbocycles. The summed E-state index contributed by atoms with van der Waals surface area (Å²) in [5.74, 6) is -0.625. The Labute approximate surface area is 227 Å². The van der Waals surface area contributed by atoms with Crippen molar-refractivity contribution in [2.75, 3.05) is 0 Å². The zero-order valence-corrected chi connectivity index (χ0v) is 22.7. The Bertz CT molecular complexity index is 983. The second kappa shape index (κ2) is 14.6. The van der Waals surface area contributed by atoms with Crippen LogP contribution in [0.15, 0.2) is 30.6 Å². The van der Waals surface area contributed by atoms with Crippen LogP contribution in [0.1, 0.15) is 56.9 Å². The molecule has 0 spiro atoms. The van der Waals surface area contributed by atoms with E-state index < -0.39 is 10.5 Å². The van der Waals surface area contributed by atoms with Crippen molar-refractivity contribution in [2.45, 2.75) is 74.8 Å². The van der Waals surface area contributed by atoms with Crippen molar-refractivity contribution in [1.82, 2.24) is 20.1 Å². The molecule has 9 N–H and O–H groups in total. The first-order chi connectivity index (χ1) is 16.1. The number of nitrogens with one attached hydrogen (secondary N) is 4. The molecule has 1 atom stereocenters. The van der Waals surface area contributed by atoms with Crippen molar-refractivity contribution in [3.63, 3.8) is 0 Å². The number of aromatic nitrogens is 3. The molecule has 0 aliphatic heterocycles. The highest BCUT2D eigenvalue weighted by Gasteiger charge is 2.58. The van der Waals surface area contributed by atoms with Gasteiger partial charge in [-0.15, -0.1) is 24.0 Å². The number of guanidine groups is 2. The molecule has 1 aromatic heterocycles. The largest absolute Gasteiger partial charge is 0.386 e. The van der Waals surface area contributed by atoms with E-state index >= 15 is 0 Å². The number of aliphatic hydroxyl groups is 1. The fourth-order valence-electron chi connectivity index (χ4n) is 3.75. The molecule has 9 nitrogen and oxygen atoms in total. The first-order valence-corrected chi connectivity index (χ1v) is 12.4. The number of rotatable bonds is 5. The molecule has 0 bridgehead atoms.